The Kier molecular flexibility index (Phi) is 8.18. The summed E-state index contributed by atoms with van der Waals surface area (Å²) in [6.07, 6.45) is 0.591. The van der Waals surface area contributed by atoms with Gasteiger partial charge in [0.15, 0.2) is 17.6 Å². The van der Waals surface area contributed by atoms with Crippen LogP contribution in [0, 0.1) is 0 Å². The quantitative estimate of drug-likeness (QED) is 0.283. The first kappa shape index (κ1) is 25.8. The summed E-state index contributed by atoms with van der Waals surface area (Å²) in [5.74, 6) is -1.00. The van der Waals surface area contributed by atoms with Crippen LogP contribution in [0.15, 0.2) is 38.9 Å². The maximum atomic E-state index is 12.9. The molecule has 0 unspecified atom stereocenters. The number of rotatable bonds is 9. The molecule has 3 amide bonds. The van der Waals surface area contributed by atoms with E-state index in [1.807, 2.05) is 0 Å². The third-order valence-corrected chi connectivity index (χ3v) is 5.38. The zero-order chi connectivity index (χ0) is 25.7. The highest BCUT2D eigenvalue weighted by Gasteiger charge is 2.34. The van der Waals surface area contributed by atoms with Crippen LogP contribution in [0.1, 0.15) is 35.7 Å². The van der Waals surface area contributed by atoms with Crippen molar-refractivity contribution in [2.45, 2.75) is 26.5 Å². The van der Waals surface area contributed by atoms with E-state index in [2.05, 4.69) is 30.7 Å². The molecule has 11 nitrogen and oxygen atoms in total. The number of furan rings is 1. The van der Waals surface area contributed by atoms with E-state index < -0.39 is 30.0 Å². The molecule has 1 fully saturated rings. The smallest absolute Gasteiger partial charge is 0.373 e. The molecular formula is C23H23BrN2O9. The van der Waals surface area contributed by atoms with E-state index in [1.54, 1.807) is 26.0 Å². The van der Waals surface area contributed by atoms with Crippen LogP contribution in [0.4, 0.5) is 4.79 Å². The first-order valence-electron chi connectivity index (χ1n) is 10.4. The van der Waals surface area contributed by atoms with Gasteiger partial charge in [-0.3, -0.25) is 9.69 Å². The van der Waals surface area contributed by atoms with Crippen LogP contribution in [0.5, 0.6) is 11.5 Å². The molecule has 1 aliphatic heterocycles. The number of imide groups is 1. The third kappa shape index (κ3) is 5.83. The fraction of sp³-hybridized carbons (Fsp3) is 0.304. The predicted octanol–water partition coefficient (Wildman–Crippen LogP) is 3.26. The van der Waals surface area contributed by atoms with E-state index >= 15 is 0 Å². The van der Waals surface area contributed by atoms with Crippen molar-refractivity contribution in [2.75, 3.05) is 20.8 Å². The second-order valence-corrected chi connectivity index (χ2v) is 8.04. The van der Waals surface area contributed by atoms with Gasteiger partial charge in [0, 0.05) is 0 Å². The Hall–Kier alpha value is -3.80. The van der Waals surface area contributed by atoms with E-state index in [-0.39, 0.29) is 29.5 Å². The summed E-state index contributed by atoms with van der Waals surface area (Å²) in [5.41, 5.74) is 0.551. The number of carbonyl (C=O) groups excluding carboxylic acids is 4. The average molecular weight is 551 g/mol. The summed E-state index contributed by atoms with van der Waals surface area (Å²) < 4.78 is 26.4. The van der Waals surface area contributed by atoms with Gasteiger partial charge in [-0.25, -0.2) is 14.4 Å². The average Bonchev–Trinajstić information content (AvgIpc) is 3.40. The summed E-state index contributed by atoms with van der Waals surface area (Å²) in [5, 5.41) is 2.52. The number of ether oxygens (including phenoxy) is 4. The number of benzene rings is 1. The van der Waals surface area contributed by atoms with Gasteiger partial charge in [-0.2, -0.15) is 0 Å². The summed E-state index contributed by atoms with van der Waals surface area (Å²) in [6.45, 7) is 3.46. The maximum absolute atomic E-state index is 12.9. The minimum absolute atomic E-state index is 0.0284. The van der Waals surface area contributed by atoms with Crippen LogP contribution in [0.3, 0.4) is 0 Å². The fourth-order valence-electron chi connectivity index (χ4n) is 3.15. The highest BCUT2D eigenvalue weighted by atomic mass is 79.9. The summed E-state index contributed by atoms with van der Waals surface area (Å²) in [6, 6.07) is 5.49. The number of methoxy groups -OCH3 is 2. The van der Waals surface area contributed by atoms with Gasteiger partial charge in [-0.1, -0.05) is 0 Å². The molecule has 2 heterocycles. The highest BCUT2D eigenvalue weighted by molar-refractivity contribution is 9.10. The lowest BCUT2D eigenvalue weighted by Gasteiger charge is -2.18. The van der Waals surface area contributed by atoms with Crippen molar-refractivity contribution in [2.24, 2.45) is 0 Å². The van der Waals surface area contributed by atoms with Crippen LogP contribution in [-0.2, 0) is 25.6 Å². The van der Waals surface area contributed by atoms with Gasteiger partial charge < -0.3 is 28.7 Å². The number of nitrogens with one attached hydrogen (secondary N) is 1. The van der Waals surface area contributed by atoms with Gasteiger partial charge in [-0.05, 0) is 65.7 Å². The van der Waals surface area contributed by atoms with Gasteiger partial charge in [0.2, 0.25) is 5.76 Å². The molecule has 35 heavy (non-hydrogen) atoms. The SMILES string of the molecule is CCOc1cc(/C=C2\NC(=O)N(Cc3ccc(C(=O)OC)o3)C2=O)cc(Br)c1O[C@H](C)C(=O)OC. The van der Waals surface area contributed by atoms with Crippen molar-refractivity contribution < 1.29 is 42.5 Å². The number of hydrogen-bond acceptors (Lipinski definition) is 9. The van der Waals surface area contributed by atoms with Gasteiger partial charge in [0.25, 0.3) is 5.91 Å². The Bertz CT molecular complexity index is 1190. The van der Waals surface area contributed by atoms with E-state index in [0.717, 1.165) is 4.90 Å². The first-order valence-corrected chi connectivity index (χ1v) is 11.2. The van der Waals surface area contributed by atoms with Crippen LogP contribution >= 0.6 is 15.9 Å². The molecule has 0 spiro atoms. The zero-order valence-electron chi connectivity index (χ0n) is 19.4. The van der Waals surface area contributed by atoms with Gasteiger partial charge >= 0.3 is 18.0 Å². The van der Waals surface area contributed by atoms with Crippen LogP contribution in [0.2, 0.25) is 0 Å². The molecule has 1 atom stereocenters. The van der Waals surface area contributed by atoms with Crippen LogP contribution in [0.25, 0.3) is 6.08 Å². The fourth-order valence-corrected chi connectivity index (χ4v) is 3.70. The lowest BCUT2D eigenvalue weighted by molar-refractivity contribution is -0.148. The Morgan fingerprint density at radius 2 is 1.94 bits per heavy atom. The molecule has 0 bridgehead atoms. The number of urea groups is 1. The molecule has 1 saturated heterocycles. The van der Waals surface area contributed by atoms with Gasteiger partial charge in [-0.15, -0.1) is 0 Å². The largest absolute Gasteiger partial charge is 0.490 e. The minimum Gasteiger partial charge on any atom is -0.490 e. The van der Waals surface area contributed by atoms with Crippen molar-refractivity contribution in [1.29, 1.82) is 0 Å². The molecule has 186 valence electrons. The Balaban J connectivity index is 1.83. The number of esters is 2. The van der Waals surface area contributed by atoms with Gasteiger partial charge in [0.05, 0.1) is 31.8 Å². The molecule has 0 aliphatic carbocycles. The Morgan fingerprint density at radius 1 is 1.20 bits per heavy atom. The number of nitrogens with zero attached hydrogens (tertiary/aromatic N) is 1. The molecule has 0 saturated carbocycles. The van der Waals surface area contributed by atoms with Crippen LogP contribution in [-0.4, -0.2) is 55.7 Å². The standard InChI is InChI=1S/C23H23BrN2O9/c1-5-33-18-10-13(8-15(24)19(18)34-12(2)21(28)31-3)9-16-20(27)26(23(30)25-16)11-14-6-7-17(35-14)22(29)32-4/h6-10,12H,5,11H2,1-4H3,(H,25,30)/b16-9-/t12-/m1/s1. The van der Waals surface area contributed by atoms with E-state index in [4.69, 9.17) is 13.9 Å². The highest BCUT2D eigenvalue weighted by Crippen LogP contribution is 2.38. The molecule has 1 aromatic heterocycles. The molecule has 3 rings (SSSR count). The zero-order valence-corrected chi connectivity index (χ0v) is 21.0. The molecule has 1 aliphatic rings. The summed E-state index contributed by atoms with van der Waals surface area (Å²) in [7, 11) is 2.48. The second-order valence-electron chi connectivity index (χ2n) is 7.18. The second kappa shape index (κ2) is 11.1. The van der Waals surface area contributed by atoms with Crippen molar-refractivity contribution in [3.63, 3.8) is 0 Å². The molecular weight excluding hydrogens is 528 g/mol. The molecule has 0 radical (unpaired) electrons. The van der Waals surface area contributed by atoms with Crippen molar-refractivity contribution in [3.05, 3.63) is 51.5 Å². The normalized spacial score (nSPS) is 15.1. The van der Waals surface area contributed by atoms with Crippen LogP contribution < -0.4 is 14.8 Å². The van der Waals surface area contributed by atoms with E-state index in [9.17, 15) is 19.2 Å². The summed E-state index contributed by atoms with van der Waals surface area (Å²) in [4.78, 5) is 49.5. The monoisotopic (exact) mass is 550 g/mol. The van der Waals surface area contributed by atoms with E-state index in [0.29, 0.717) is 22.4 Å². The van der Waals surface area contributed by atoms with E-state index in [1.165, 1.54) is 32.4 Å². The van der Waals surface area contributed by atoms with Crippen molar-refractivity contribution >= 4 is 45.9 Å². The maximum Gasteiger partial charge on any atom is 0.373 e. The molecule has 1 aromatic carbocycles. The van der Waals surface area contributed by atoms with Gasteiger partial charge in [0.1, 0.15) is 11.5 Å². The molecule has 1 N–H and O–H groups in total. The predicted molar refractivity (Wildman–Crippen MR) is 125 cm³/mol. The molecule has 12 heteroatoms. The minimum atomic E-state index is -0.884. The summed E-state index contributed by atoms with van der Waals surface area (Å²) >= 11 is 3.40. The third-order valence-electron chi connectivity index (χ3n) is 4.79. The van der Waals surface area contributed by atoms with Crippen molar-refractivity contribution in [1.82, 2.24) is 10.2 Å². The number of halogens is 1. The Labute approximate surface area is 209 Å². The topological polar surface area (TPSA) is 134 Å². The first-order chi connectivity index (χ1) is 16.7. The molecule has 2 aromatic rings. The Morgan fingerprint density at radius 3 is 2.60 bits per heavy atom. The number of amides is 3. The lowest BCUT2D eigenvalue weighted by atomic mass is 10.1. The van der Waals surface area contributed by atoms with Crippen molar-refractivity contribution in [3.8, 4) is 11.5 Å². The number of hydrogen-bond donors (Lipinski definition) is 1. The number of carbonyl (C=O) groups is 4. The lowest BCUT2D eigenvalue weighted by Crippen LogP contribution is -2.30.